The molecule has 14 heavy (non-hydrogen) atoms. The minimum atomic E-state index is 0.321. The van der Waals surface area contributed by atoms with Crippen LogP contribution in [0.3, 0.4) is 0 Å². The molecule has 2 N–H and O–H groups in total. The fraction of sp³-hybridized carbons (Fsp3) is 0.300. The Hall–Kier alpha value is -1.13. The fourth-order valence-corrected chi connectivity index (χ4v) is 2.37. The van der Waals surface area contributed by atoms with E-state index in [-0.39, 0.29) is 0 Å². The summed E-state index contributed by atoms with van der Waals surface area (Å²) >= 11 is 1.71. The highest BCUT2D eigenvalue weighted by molar-refractivity contribution is 7.08. The van der Waals surface area contributed by atoms with Crippen LogP contribution in [0.1, 0.15) is 12.5 Å². The molecular weight excluding hydrogens is 194 g/mol. The van der Waals surface area contributed by atoms with Crippen molar-refractivity contribution in [1.82, 2.24) is 9.55 Å². The summed E-state index contributed by atoms with van der Waals surface area (Å²) < 4.78 is 2.19. The molecule has 2 aromatic heterocycles. The molecule has 0 amide bonds. The van der Waals surface area contributed by atoms with E-state index in [0.29, 0.717) is 12.1 Å². The highest BCUT2D eigenvalue weighted by Crippen LogP contribution is 2.37. The molecule has 2 heterocycles. The predicted octanol–water partition coefficient (Wildman–Crippen LogP) is 1.88. The molecule has 2 atom stereocenters. The molecule has 0 spiro atoms. The molecular formula is C10H11N3S. The molecule has 1 aliphatic rings. The van der Waals surface area contributed by atoms with Gasteiger partial charge in [0.05, 0.1) is 24.3 Å². The normalized spacial score (nSPS) is 25.2. The standard InChI is InChI=1S/C10H11N3S/c11-8-3-9(8)13-6-12-4-10(13)7-1-2-14-5-7/h1-2,4-6,8-9H,3,11H2. The van der Waals surface area contributed by atoms with Gasteiger partial charge in [-0.3, -0.25) is 0 Å². The first kappa shape index (κ1) is 8.20. The van der Waals surface area contributed by atoms with Crippen LogP contribution in [0.4, 0.5) is 0 Å². The summed E-state index contributed by atoms with van der Waals surface area (Å²) in [6.45, 7) is 0. The lowest BCUT2D eigenvalue weighted by atomic mass is 10.2. The zero-order chi connectivity index (χ0) is 9.54. The molecule has 0 bridgehead atoms. The van der Waals surface area contributed by atoms with Gasteiger partial charge in [0.15, 0.2) is 0 Å². The number of hydrogen-bond donors (Lipinski definition) is 1. The number of imidazole rings is 1. The summed E-state index contributed by atoms with van der Waals surface area (Å²) in [6, 6.07) is 2.90. The number of nitrogens with zero attached hydrogens (tertiary/aromatic N) is 2. The molecule has 0 aliphatic heterocycles. The lowest BCUT2D eigenvalue weighted by Gasteiger charge is -2.04. The average molecular weight is 205 g/mol. The molecule has 3 rings (SSSR count). The third-order valence-corrected chi connectivity index (χ3v) is 3.33. The SMILES string of the molecule is NC1CC1n1cncc1-c1ccsc1. The Balaban J connectivity index is 2.02. The maximum atomic E-state index is 5.83. The highest BCUT2D eigenvalue weighted by atomic mass is 32.1. The van der Waals surface area contributed by atoms with Gasteiger partial charge in [0.1, 0.15) is 0 Å². The molecule has 72 valence electrons. The Bertz CT molecular complexity index is 432. The molecule has 1 fully saturated rings. The lowest BCUT2D eigenvalue weighted by Crippen LogP contribution is -2.06. The highest BCUT2D eigenvalue weighted by Gasteiger charge is 2.36. The van der Waals surface area contributed by atoms with E-state index in [1.807, 2.05) is 12.5 Å². The summed E-state index contributed by atoms with van der Waals surface area (Å²) in [6.07, 6.45) is 4.87. The van der Waals surface area contributed by atoms with Crippen LogP contribution in [-0.2, 0) is 0 Å². The number of nitrogens with two attached hydrogens (primary N) is 1. The smallest absolute Gasteiger partial charge is 0.0954 e. The Kier molecular flexibility index (Phi) is 1.72. The summed E-state index contributed by atoms with van der Waals surface area (Å²) in [5, 5.41) is 4.22. The maximum absolute atomic E-state index is 5.83. The summed E-state index contributed by atoms with van der Waals surface area (Å²) in [7, 11) is 0. The van der Waals surface area contributed by atoms with Crippen LogP contribution < -0.4 is 5.73 Å². The third-order valence-electron chi connectivity index (χ3n) is 2.65. The summed E-state index contributed by atoms with van der Waals surface area (Å²) in [5.74, 6) is 0. The molecule has 1 saturated carbocycles. The van der Waals surface area contributed by atoms with Crippen molar-refractivity contribution in [2.75, 3.05) is 0 Å². The van der Waals surface area contributed by atoms with E-state index in [0.717, 1.165) is 6.42 Å². The van der Waals surface area contributed by atoms with Gasteiger partial charge in [-0.05, 0) is 17.9 Å². The second-order valence-corrected chi connectivity index (χ2v) is 4.45. The first-order valence-electron chi connectivity index (χ1n) is 4.66. The third kappa shape index (κ3) is 1.19. The van der Waals surface area contributed by atoms with Crippen molar-refractivity contribution in [2.24, 2.45) is 5.73 Å². The molecule has 3 nitrogen and oxygen atoms in total. The van der Waals surface area contributed by atoms with Gasteiger partial charge in [0.25, 0.3) is 0 Å². The van der Waals surface area contributed by atoms with Gasteiger partial charge < -0.3 is 10.3 Å². The first-order valence-corrected chi connectivity index (χ1v) is 5.60. The molecule has 4 heteroatoms. The second kappa shape index (κ2) is 2.93. The molecule has 2 aromatic rings. The zero-order valence-electron chi connectivity index (χ0n) is 7.63. The minimum Gasteiger partial charge on any atom is -0.326 e. The van der Waals surface area contributed by atoms with Crippen molar-refractivity contribution in [3.8, 4) is 11.3 Å². The quantitative estimate of drug-likeness (QED) is 0.813. The van der Waals surface area contributed by atoms with Gasteiger partial charge in [-0.15, -0.1) is 0 Å². The molecule has 0 aromatic carbocycles. The van der Waals surface area contributed by atoms with Crippen molar-refractivity contribution in [3.63, 3.8) is 0 Å². The van der Waals surface area contributed by atoms with Crippen LogP contribution in [0.5, 0.6) is 0 Å². The predicted molar refractivity (Wildman–Crippen MR) is 57.2 cm³/mol. The first-order chi connectivity index (χ1) is 6.86. The van der Waals surface area contributed by atoms with E-state index >= 15 is 0 Å². The van der Waals surface area contributed by atoms with Gasteiger partial charge in [-0.1, -0.05) is 0 Å². The van der Waals surface area contributed by atoms with Crippen LogP contribution in [0.2, 0.25) is 0 Å². The van der Waals surface area contributed by atoms with E-state index in [4.69, 9.17) is 5.73 Å². The minimum absolute atomic E-state index is 0.321. The van der Waals surface area contributed by atoms with Crippen molar-refractivity contribution in [1.29, 1.82) is 0 Å². The van der Waals surface area contributed by atoms with Crippen LogP contribution in [0, 0.1) is 0 Å². The maximum Gasteiger partial charge on any atom is 0.0954 e. The van der Waals surface area contributed by atoms with Gasteiger partial charge in [-0.25, -0.2) is 4.98 Å². The summed E-state index contributed by atoms with van der Waals surface area (Å²) in [4.78, 5) is 4.19. The van der Waals surface area contributed by atoms with Crippen LogP contribution >= 0.6 is 11.3 Å². The van der Waals surface area contributed by atoms with Gasteiger partial charge in [-0.2, -0.15) is 11.3 Å². The number of hydrogen-bond acceptors (Lipinski definition) is 3. The largest absolute Gasteiger partial charge is 0.326 e. The Morgan fingerprint density at radius 2 is 2.43 bits per heavy atom. The second-order valence-electron chi connectivity index (χ2n) is 3.67. The fourth-order valence-electron chi connectivity index (χ4n) is 1.72. The number of rotatable bonds is 2. The van der Waals surface area contributed by atoms with Crippen molar-refractivity contribution in [2.45, 2.75) is 18.5 Å². The van der Waals surface area contributed by atoms with Crippen molar-refractivity contribution < 1.29 is 0 Å². The van der Waals surface area contributed by atoms with E-state index in [1.165, 1.54) is 11.3 Å². The number of thiophene rings is 1. The van der Waals surface area contributed by atoms with Crippen LogP contribution in [0.25, 0.3) is 11.3 Å². The average Bonchev–Trinajstić information content (AvgIpc) is 2.71. The Morgan fingerprint density at radius 3 is 3.07 bits per heavy atom. The topological polar surface area (TPSA) is 43.8 Å². The van der Waals surface area contributed by atoms with E-state index < -0.39 is 0 Å². The van der Waals surface area contributed by atoms with Gasteiger partial charge in [0.2, 0.25) is 0 Å². The molecule has 0 saturated heterocycles. The van der Waals surface area contributed by atoms with E-state index in [2.05, 4.69) is 26.4 Å². The van der Waals surface area contributed by atoms with Crippen LogP contribution in [-0.4, -0.2) is 15.6 Å². The van der Waals surface area contributed by atoms with Gasteiger partial charge >= 0.3 is 0 Å². The van der Waals surface area contributed by atoms with Crippen molar-refractivity contribution >= 4 is 11.3 Å². The van der Waals surface area contributed by atoms with Gasteiger partial charge in [0, 0.05) is 17.0 Å². The molecule has 2 unspecified atom stereocenters. The Labute approximate surface area is 86.2 Å². The summed E-state index contributed by atoms with van der Waals surface area (Å²) in [5.41, 5.74) is 8.26. The number of aromatic nitrogens is 2. The zero-order valence-corrected chi connectivity index (χ0v) is 8.45. The van der Waals surface area contributed by atoms with E-state index in [9.17, 15) is 0 Å². The van der Waals surface area contributed by atoms with Crippen molar-refractivity contribution in [3.05, 3.63) is 29.4 Å². The van der Waals surface area contributed by atoms with Crippen LogP contribution in [0.15, 0.2) is 29.4 Å². The van der Waals surface area contributed by atoms with E-state index in [1.54, 1.807) is 11.3 Å². The Morgan fingerprint density at radius 1 is 1.57 bits per heavy atom. The lowest BCUT2D eigenvalue weighted by molar-refractivity contribution is 0.718. The monoisotopic (exact) mass is 205 g/mol. The molecule has 0 radical (unpaired) electrons. The molecule has 1 aliphatic carbocycles.